The lowest BCUT2D eigenvalue weighted by Crippen LogP contribution is -2.06. The molecule has 0 aliphatic carbocycles. The molecule has 1 radical (unpaired) electrons. The summed E-state index contributed by atoms with van der Waals surface area (Å²) in [5.74, 6) is -0.0275. The number of rotatable bonds is 0. The molecule has 0 atom stereocenters. The van der Waals surface area contributed by atoms with Crippen molar-refractivity contribution in [3.8, 4) is 0 Å². The van der Waals surface area contributed by atoms with Gasteiger partial charge in [0.15, 0.2) is 0 Å². The molecule has 0 bridgehead atoms. The monoisotopic (exact) mass is 155 g/mol. The molecule has 0 aromatic heterocycles. The van der Waals surface area contributed by atoms with E-state index in [0.29, 0.717) is 13.0 Å². The summed E-state index contributed by atoms with van der Waals surface area (Å²) in [6.07, 6.45) is 8.30. The lowest BCUT2D eigenvalue weighted by atomic mass is 10.1. The zero-order valence-corrected chi connectivity index (χ0v) is 6.84. The van der Waals surface area contributed by atoms with Crippen molar-refractivity contribution in [2.75, 3.05) is 6.61 Å². The Balaban J connectivity index is 2.17. The molecule has 0 amide bonds. The first-order valence-electron chi connectivity index (χ1n) is 4.37. The van der Waals surface area contributed by atoms with E-state index in [1.165, 1.54) is 12.8 Å². The molecule has 11 heavy (non-hydrogen) atoms. The Bertz CT molecular complexity index is 109. The third-order valence-electron chi connectivity index (χ3n) is 1.87. The lowest BCUT2D eigenvalue weighted by molar-refractivity contribution is -0.143. The lowest BCUT2D eigenvalue weighted by Gasteiger charge is -2.07. The van der Waals surface area contributed by atoms with E-state index in [9.17, 15) is 4.79 Å². The van der Waals surface area contributed by atoms with Crippen LogP contribution in [0.5, 0.6) is 0 Å². The molecule has 1 aliphatic heterocycles. The van der Waals surface area contributed by atoms with E-state index in [0.717, 1.165) is 19.3 Å². The van der Waals surface area contributed by atoms with Gasteiger partial charge in [0.1, 0.15) is 0 Å². The van der Waals surface area contributed by atoms with Crippen molar-refractivity contribution in [2.45, 2.75) is 38.5 Å². The molecule has 0 saturated carbocycles. The third-order valence-corrected chi connectivity index (χ3v) is 1.87. The first-order chi connectivity index (χ1) is 5.39. The molecule has 0 N–H and O–H groups in total. The van der Waals surface area contributed by atoms with Crippen molar-refractivity contribution in [1.29, 1.82) is 0 Å². The van der Waals surface area contributed by atoms with Crippen LogP contribution < -0.4 is 0 Å². The standard InChI is InChI=1S/C9H15O2/c10-9-7-5-3-1-2-4-6-8-11-9/h4H,1-3,5-8H2. The minimum absolute atomic E-state index is 0.0275. The van der Waals surface area contributed by atoms with E-state index in [1.807, 2.05) is 0 Å². The van der Waals surface area contributed by atoms with Crippen LogP contribution in [0.15, 0.2) is 0 Å². The molecule has 0 aromatic rings. The molecule has 1 fully saturated rings. The van der Waals surface area contributed by atoms with Crippen molar-refractivity contribution in [1.82, 2.24) is 0 Å². The summed E-state index contributed by atoms with van der Waals surface area (Å²) < 4.78 is 4.95. The van der Waals surface area contributed by atoms with E-state index in [4.69, 9.17) is 4.74 Å². The van der Waals surface area contributed by atoms with Gasteiger partial charge in [-0.05, 0) is 19.3 Å². The maximum Gasteiger partial charge on any atom is 0.305 e. The quantitative estimate of drug-likeness (QED) is 0.501. The molecule has 2 heteroatoms. The van der Waals surface area contributed by atoms with Gasteiger partial charge in [0.25, 0.3) is 0 Å². The Kier molecular flexibility index (Phi) is 4.02. The van der Waals surface area contributed by atoms with E-state index in [1.54, 1.807) is 0 Å². The average Bonchev–Trinajstić information content (AvgIpc) is 2.03. The predicted molar refractivity (Wildman–Crippen MR) is 43.0 cm³/mol. The molecule has 1 aliphatic rings. The van der Waals surface area contributed by atoms with Crippen molar-refractivity contribution in [3.05, 3.63) is 6.42 Å². The van der Waals surface area contributed by atoms with Crippen LogP contribution in [0.2, 0.25) is 0 Å². The van der Waals surface area contributed by atoms with Gasteiger partial charge in [-0.15, -0.1) is 0 Å². The first kappa shape index (κ1) is 8.57. The van der Waals surface area contributed by atoms with Gasteiger partial charge in [0.05, 0.1) is 6.61 Å². The molecule has 1 saturated heterocycles. The first-order valence-corrected chi connectivity index (χ1v) is 4.37. The van der Waals surface area contributed by atoms with Gasteiger partial charge in [-0.1, -0.05) is 19.3 Å². The number of carbonyl (C=O) groups is 1. The van der Waals surface area contributed by atoms with Crippen molar-refractivity contribution in [2.24, 2.45) is 0 Å². The van der Waals surface area contributed by atoms with Crippen LogP contribution >= 0.6 is 0 Å². The van der Waals surface area contributed by atoms with Gasteiger partial charge in [-0.2, -0.15) is 0 Å². The molecule has 2 nitrogen and oxygen atoms in total. The Hall–Kier alpha value is -0.530. The Morgan fingerprint density at radius 1 is 1.18 bits per heavy atom. The van der Waals surface area contributed by atoms with Gasteiger partial charge in [-0.3, -0.25) is 4.79 Å². The highest BCUT2D eigenvalue weighted by Gasteiger charge is 2.03. The fraction of sp³-hybridized carbons (Fsp3) is 0.778. The molecule has 0 spiro atoms. The SMILES string of the molecule is O=C1CCCCC[CH]CCO1. The Labute approximate surface area is 67.9 Å². The number of ether oxygens (including phenoxy) is 1. The van der Waals surface area contributed by atoms with E-state index < -0.39 is 0 Å². The number of hydrogen-bond donors (Lipinski definition) is 0. The van der Waals surface area contributed by atoms with Crippen LogP contribution in [0.1, 0.15) is 38.5 Å². The molecule has 0 aromatic carbocycles. The van der Waals surface area contributed by atoms with Gasteiger partial charge in [-0.25, -0.2) is 0 Å². The van der Waals surface area contributed by atoms with Crippen molar-refractivity contribution in [3.63, 3.8) is 0 Å². The fourth-order valence-corrected chi connectivity index (χ4v) is 1.21. The molecular weight excluding hydrogens is 140 g/mol. The zero-order chi connectivity index (χ0) is 7.94. The highest BCUT2D eigenvalue weighted by atomic mass is 16.5. The number of esters is 1. The maximum absolute atomic E-state index is 10.9. The topological polar surface area (TPSA) is 26.3 Å². The second-order valence-electron chi connectivity index (χ2n) is 2.90. The summed E-state index contributed by atoms with van der Waals surface area (Å²) >= 11 is 0. The fourth-order valence-electron chi connectivity index (χ4n) is 1.21. The Morgan fingerprint density at radius 2 is 2.09 bits per heavy atom. The van der Waals surface area contributed by atoms with Gasteiger partial charge in [0, 0.05) is 6.42 Å². The maximum atomic E-state index is 10.9. The highest BCUT2D eigenvalue weighted by Crippen LogP contribution is 2.09. The predicted octanol–water partition coefficient (Wildman–Crippen LogP) is 2.09. The highest BCUT2D eigenvalue weighted by molar-refractivity contribution is 5.69. The number of carbonyl (C=O) groups excluding carboxylic acids is 1. The molecule has 63 valence electrons. The van der Waals surface area contributed by atoms with Crippen molar-refractivity contribution >= 4 is 5.97 Å². The summed E-state index contributed by atoms with van der Waals surface area (Å²) in [4.78, 5) is 10.9. The largest absolute Gasteiger partial charge is 0.466 e. The van der Waals surface area contributed by atoms with Gasteiger partial charge < -0.3 is 4.74 Å². The minimum Gasteiger partial charge on any atom is -0.466 e. The van der Waals surface area contributed by atoms with E-state index in [2.05, 4.69) is 6.42 Å². The summed E-state index contributed by atoms with van der Waals surface area (Å²) in [5.41, 5.74) is 0. The van der Waals surface area contributed by atoms with Gasteiger partial charge >= 0.3 is 5.97 Å². The summed E-state index contributed by atoms with van der Waals surface area (Å²) in [6.45, 7) is 0.582. The van der Waals surface area contributed by atoms with Crippen molar-refractivity contribution < 1.29 is 9.53 Å². The zero-order valence-electron chi connectivity index (χ0n) is 6.84. The van der Waals surface area contributed by atoms with Crippen LogP contribution in [-0.4, -0.2) is 12.6 Å². The van der Waals surface area contributed by atoms with Crippen LogP contribution in [0.4, 0.5) is 0 Å². The van der Waals surface area contributed by atoms with Crippen LogP contribution in [0.3, 0.4) is 0 Å². The molecule has 1 heterocycles. The van der Waals surface area contributed by atoms with Gasteiger partial charge in [0.2, 0.25) is 0 Å². The summed E-state index contributed by atoms with van der Waals surface area (Å²) in [6, 6.07) is 0. The normalized spacial score (nSPS) is 22.4. The molecule has 1 rings (SSSR count). The van der Waals surface area contributed by atoms with E-state index in [-0.39, 0.29) is 5.97 Å². The second-order valence-corrected chi connectivity index (χ2v) is 2.90. The summed E-state index contributed by atoms with van der Waals surface area (Å²) in [5, 5.41) is 0. The minimum atomic E-state index is -0.0275. The smallest absolute Gasteiger partial charge is 0.305 e. The number of hydrogen-bond acceptors (Lipinski definition) is 2. The molecule has 0 unspecified atom stereocenters. The number of cyclic esters (lactones) is 1. The molecular formula is C9H15O2. The van der Waals surface area contributed by atoms with Crippen LogP contribution in [0.25, 0.3) is 0 Å². The second kappa shape index (κ2) is 5.16. The third kappa shape index (κ3) is 4.02. The summed E-state index contributed by atoms with van der Waals surface area (Å²) in [7, 11) is 0. The van der Waals surface area contributed by atoms with Crippen LogP contribution in [0, 0.1) is 6.42 Å². The Morgan fingerprint density at radius 3 is 3.00 bits per heavy atom. The van der Waals surface area contributed by atoms with E-state index >= 15 is 0 Å². The average molecular weight is 155 g/mol. The van der Waals surface area contributed by atoms with Crippen LogP contribution in [-0.2, 0) is 9.53 Å².